The van der Waals surface area contributed by atoms with Gasteiger partial charge in [-0.3, -0.25) is 9.59 Å². The van der Waals surface area contributed by atoms with Crippen molar-refractivity contribution < 1.29 is 9.59 Å². The fourth-order valence-electron chi connectivity index (χ4n) is 2.67. The molecule has 0 aromatic carbocycles. The summed E-state index contributed by atoms with van der Waals surface area (Å²) in [6, 6.07) is -0.335. The van der Waals surface area contributed by atoms with Gasteiger partial charge in [0.2, 0.25) is 11.8 Å². The van der Waals surface area contributed by atoms with Gasteiger partial charge in [0, 0.05) is 5.54 Å². The lowest BCUT2D eigenvalue weighted by atomic mass is 9.89. The molecule has 1 atom stereocenters. The van der Waals surface area contributed by atoms with Crippen LogP contribution in [0.2, 0.25) is 0 Å². The summed E-state index contributed by atoms with van der Waals surface area (Å²) in [5, 5.41) is 2.68. The molecule has 0 bridgehead atoms. The number of carbonyl (C=O) groups is 2. The molecule has 0 aromatic heterocycles. The molecule has 0 saturated carbocycles. The van der Waals surface area contributed by atoms with E-state index in [-0.39, 0.29) is 35.9 Å². The van der Waals surface area contributed by atoms with E-state index in [1.165, 1.54) is 0 Å². The van der Waals surface area contributed by atoms with Crippen LogP contribution in [0.4, 0.5) is 0 Å². The summed E-state index contributed by atoms with van der Waals surface area (Å²) >= 11 is 0. The average molecular weight is 240 g/mol. The predicted molar refractivity (Wildman–Crippen MR) is 67.5 cm³/mol. The topological polar surface area (TPSA) is 49.4 Å². The first-order valence-electron chi connectivity index (χ1n) is 6.41. The molecule has 4 heteroatoms. The maximum atomic E-state index is 12.1. The molecular weight excluding hydrogens is 216 g/mol. The lowest BCUT2D eigenvalue weighted by Crippen LogP contribution is -2.66. The maximum Gasteiger partial charge on any atom is 0.243 e. The Kier molecular flexibility index (Phi) is 4.17. The number of amides is 2. The minimum atomic E-state index is -0.335. The summed E-state index contributed by atoms with van der Waals surface area (Å²) in [4.78, 5) is 25.8. The number of nitrogens with one attached hydrogen (secondary N) is 1. The monoisotopic (exact) mass is 240 g/mol. The van der Waals surface area contributed by atoms with Gasteiger partial charge in [-0.25, -0.2) is 0 Å². The van der Waals surface area contributed by atoms with Gasteiger partial charge in [0.15, 0.2) is 0 Å². The molecule has 2 amide bonds. The summed E-state index contributed by atoms with van der Waals surface area (Å²) in [7, 11) is 0. The second-order valence-corrected chi connectivity index (χ2v) is 5.73. The maximum absolute atomic E-state index is 12.1. The predicted octanol–water partition coefficient (Wildman–Crippen LogP) is 1.55. The van der Waals surface area contributed by atoms with E-state index >= 15 is 0 Å². The van der Waals surface area contributed by atoms with Gasteiger partial charge >= 0.3 is 0 Å². The SMILES string of the molecule is CCCC(C)(C)N1C(=O)CNC(=O)C1C(C)C. The van der Waals surface area contributed by atoms with Gasteiger partial charge in [0.1, 0.15) is 6.04 Å². The summed E-state index contributed by atoms with van der Waals surface area (Å²) in [5.41, 5.74) is -0.251. The van der Waals surface area contributed by atoms with Crippen molar-refractivity contribution in [2.24, 2.45) is 5.92 Å². The van der Waals surface area contributed by atoms with E-state index < -0.39 is 0 Å². The molecule has 0 spiro atoms. The highest BCUT2D eigenvalue weighted by Crippen LogP contribution is 2.28. The highest BCUT2D eigenvalue weighted by molar-refractivity contribution is 5.95. The highest BCUT2D eigenvalue weighted by atomic mass is 16.2. The van der Waals surface area contributed by atoms with Crippen LogP contribution in [-0.4, -0.2) is 34.8 Å². The second kappa shape index (κ2) is 5.07. The normalized spacial score (nSPS) is 22.0. The largest absolute Gasteiger partial charge is 0.345 e. The van der Waals surface area contributed by atoms with Crippen molar-refractivity contribution >= 4 is 11.8 Å². The first-order valence-corrected chi connectivity index (χ1v) is 6.41. The van der Waals surface area contributed by atoms with Crippen LogP contribution < -0.4 is 5.32 Å². The van der Waals surface area contributed by atoms with Crippen molar-refractivity contribution in [3.63, 3.8) is 0 Å². The first-order chi connectivity index (χ1) is 7.81. The van der Waals surface area contributed by atoms with Crippen LogP contribution in [0.1, 0.15) is 47.5 Å². The molecule has 1 aliphatic rings. The summed E-state index contributed by atoms with van der Waals surface area (Å²) in [6.45, 7) is 10.3. The van der Waals surface area contributed by atoms with Gasteiger partial charge in [-0.15, -0.1) is 0 Å². The smallest absolute Gasteiger partial charge is 0.243 e. The van der Waals surface area contributed by atoms with E-state index in [1.54, 1.807) is 4.90 Å². The average Bonchev–Trinajstić information content (AvgIpc) is 2.20. The molecule has 98 valence electrons. The van der Waals surface area contributed by atoms with Gasteiger partial charge in [0.25, 0.3) is 0 Å². The first kappa shape index (κ1) is 14.0. The number of piperazine rings is 1. The highest BCUT2D eigenvalue weighted by Gasteiger charge is 2.43. The molecule has 1 N–H and O–H groups in total. The van der Waals surface area contributed by atoms with Crippen LogP contribution in [0.15, 0.2) is 0 Å². The lowest BCUT2D eigenvalue weighted by Gasteiger charge is -2.47. The molecule has 1 unspecified atom stereocenters. The lowest BCUT2D eigenvalue weighted by molar-refractivity contribution is -0.154. The van der Waals surface area contributed by atoms with Crippen LogP contribution in [0.5, 0.6) is 0 Å². The van der Waals surface area contributed by atoms with Crippen LogP contribution >= 0.6 is 0 Å². The summed E-state index contributed by atoms with van der Waals surface area (Å²) in [5.74, 6) is 0.140. The third-order valence-corrected chi connectivity index (χ3v) is 3.37. The second-order valence-electron chi connectivity index (χ2n) is 5.73. The van der Waals surface area contributed by atoms with E-state index in [1.807, 2.05) is 27.7 Å². The van der Waals surface area contributed by atoms with E-state index in [2.05, 4.69) is 12.2 Å². The Labute approximate surface area is 104 Å². The number of hydrogen-bond acceptors (Lipinski definition) is 2. The molecule has 1 aliphatic heterocycles. The standard InChI is InChI=1S/C13H24N2O2/c1-6-7-13(4,5)15-10(16)8-14-12(17)11(15)9(2)3/h9,11H,6-8H2,1-5H3,(H,14,17). The van der Waals surface area contributed by atoms with Crippen molar-refractivity contribution in [2.45, 2.75) is 59.0 Å². The van der Waals surface area contributed by atoms with Gasteiger partial charge in [0.05, 0.1) is 6.54 Å². The fraction of sp³-hybridized carbons (Fsp3) is 0.846. The van der Waals surface area contributed by atoms with E-state index in [4.69, 9.17) is 0 Å². The zero-order valence-corrected chi connectivity index (χ0v) is 11.5. The van der Waals surface area contributed by atoms with Crippen molar-refractivity contribution in [3.05, 3.63) is 0 Å². The molecule has 1 saturated heterocycles. The van der Waals surface area contributed by atoms with Crippen molar-refractivity contribution in [2.75, 3.05) is 6.54 Å². The quantitative estimate of drug-likeness (QED) is 0.810. The number of rotatable bonds is 4. The summed E-state index contributed by atoms with van der Waals surface area (Å²) in [6.07, 6.45) is 1.92. The molecule has 1 fully saturated rings. The van der Waals surface area contributed by atoms with E-state index in [0.29, 0.717) is 0 Å². The Balaban J connectivity index is 3.04. The molecule has 0 radical (unpaired) electrons. The van der Waals surface area contributed by atoms with E-state index in [9.17, 15) is 9.59 Å². The number of hydrogen-bond donors (Lipinski definition) is 1. The van der Waals surface area contributed by atoms with Crippen molar-refractivity contribution in [1.29, 1.82) is 0 Å². The molecule has 0 aliphatic carbocycles. The molecular formula is C13H24N2O2. The molecule has 4 nitrogen and oxygen atoms in total. The van der Waals surface area contributed by atoms with Crippen LogP contribution in [-0.2, 0) is 9.59 Å². The van der Waals surface area contributed by atoms with Gasteiger partial charge in [-0.1, -0.05) is 27.2 Å². The Bertz CT molecular complexity index is 311. The fourth-order valence-corrected chi connectivity index (χ4v) is 2.67. The van der Waals surface area contributed by atoms with Gasteiger partial charge in [-0.2, -0.15) is 0 Å². The minimum absolute atomic E-state index is 0.0243. The third-order valence-electron chi connectivity index (χ3n) is 3.37. The van der Waals surface area contributed by atoms with Gasteiger partial charge < -0.3 is 10.2 Å². The zero-order valence-electron chi connectivity index (χ0n) is 11.5. The minimum Gasteiger partial charge on any atom is -0.345 e. The molecule has 17 heavy (non-hydrogen) atoms. The Morgan fingerprint density at radius 3 is 2.47 bits per heavy atom. The number of nitrogens with zero attached hydrogens (tertiary/aromatic N) is 1. The van der Waals surface area contributed by atoms with Crippen LogP contribution in [0.25, 0.3) is 0 Å². The number of carbonyl (C=O) groups excluding carboxylic acids is 2. The Hall–Kier alpha value is -1.06. The zero-order chi connectivity index (χ0) is 13.2. The molecule has 1 rings (SSSR count). The van der Waals surface area contributed by atoms with E-state index in [0.717, 1.165) is 12.8 Å². The van der Waals surface area contributed by atoms with Crippen LogP contribution in [0, 0.1) is 5.92 Å². The van der Waals surface area contributed by atoms with Crippen LogP contribution in [0.3, 0.4) is 0 Å². The Morgan fingerprint density at radius 1 is 1.41 bits per heavy atom. The third kappa shape index (κ3) is 2.79. The molecule has 0 aromatic rings. The van der Waals surface area contributed by atoms with Crippen molar-refractivity contribution in [1.82, 2.24) is 10.2 Å². The summed E-state index contributed by atoms with van der Waals surface area (Å²) < 4.78 is 0. The van der Waals surface area contributed by atoms with Gasteiger partial charge in [-0.05, 0) is 26.2 Å². The molecule has 1 heterocycles. The Morgan fingerprint density at radius 2 is 2.00 bits per heavy atom. The van der Waals surface area contributed by atoms with Crippen molar-refractivity contribution in [3.8, 4) is 0 Å².